The Bertz CT molecular complexity index is 403. The number of benzene rings is 1. The Kier molecular flexibility index (Phi) is 4.50. The van der Waals surface area contributed by atoms with Crippen molar-refractivity contribution in [3.05, 3.63) is 29.3 Å². The van der Waals surface area contributed by atoms with Gasteiger partial charge in [-0.15, -0.1) is 5.20 Å². The molecule has 0 aliphatic heterocycles. The third-order valence-corrected chi connectivity index (χ3v) is 2.70. The Hall–Kier alpha value is -0.870. The number of hydrogen-bond donors (Lipinski definition) is 4. The van der Waals surface area contributed by atoms with Crippen molar-refractivity contribution in [1.82, 2.24) is 5.20 Å². The smallest absolute Gasteiger partial charge is 0.312 e. The lowest BCUT2D eigenvalue weighted by Crippen LogP contribution is -2.18. The third kappa shape index (κ3) is 3.94. The zero-order valence-corrected chi connectivity index (χ0v) is 10.3. The molecule has 90 valence electrons. The average molecular weight is 244 g/mol. The normalized spacial score (nSPS) is 11.5. The molecule has 0 atom stereocenters. The van der Waals surface area contributed by atoms with Crippen LogP contribution in [-0.4, -0.2) is 9.79 Å². The fourth-order valence-corrected chi connectivity index (χ4v) is 1.67. The van der Waals surface area contributed by atoms with Crippen molar-refractivity contribution in [3.8, 4) is 0 Å². The highest BCUT2D eigenvalue weighted by molar-refractivity contribution is 7.49. The van der Waals surface area contributed by atoms with E-state index in [-0.39, 0.29) is 0 Å². The van der Waals surface area contributed by atoms with E-state index in [1.807, 2.05) is 37.2 Å². The minimum absolute atomic E-state index is 0.713. The maximum absolute atomic E-state index is 10.7. The summed E-state index contributed by atoms with van der Waals surface area (Å²) in [5, 5.41) is 1.98. The van der Waals surface area contributed by atoms with Gasteiger partial charge in [0.25, 0.3) is 0 Å². The largest absolute Gasteiger partial charge is 0.417 e. The number of nitrogens with one attached hydrogen (secondary N) is 2. The summed E-state index contributed by atoms with van der Waals surface area (Å²) >= 11 is 0. The van der Waals surface area contributed by atoms with Gasteiger partial charge in [0.05, 0.1) is 5.69 Å². The monoisotopic (exact) mass is 244 g/mol. The summed E-state index contributed by atoms with van der Waals surface area (Å²) in [5.74, 6) is 0. The van der Waals surface area contributed by atoms with Crippen molar-refractivity contribution >= 4 is 13.4 Å². The van der Waals surface area contributed by atoms with E-state index in [1.165, 1.54) is 0 Å². The van der Waals surface area contributed by atoms with Gasteiger partial charge in [-0.2, -0.15) is 0 Å². The van der Waals surface area contributed by atoms with Crippen LogP contribution >= 0.6 is 7.75 Å². The van der Waals surface area contributed by atoms with Crippen LogP contribution in [0.25, 0.3) is 0 Å². The summed E-state index contributed by atoms with van der Waals surface area (Å²) in [6, 6.07) is 5.87. The molecule has 4 N–H and O–H groups in total. The SMILES string of the molecule is CCc1ccc(CC)c(NNP(=O)(O)O)c1. The lowest BCUT2D eigenvalue weighted by molar-refractivity contribution is 0.362. The highest BCUT2D eigenvalue weighted by Crippen LogP contribution is 2.29. The van der Waals surface area contributed by atoms with Crippen LogP contribution in [-0.2, 0) is 17.4 Å². The summed E-state index contributed by atoms with van der Waals surface area (Å²) in [4.78, 5) is 17.4. The zero-order valence-electron chi connectivity index (χ0n) is 9.40. The molecule has 0 aliphatic rings. The zero-order chi connectivity index (χ0) is 12.2. The average Bonchev–Trinajstić information content (AvgIpc) is 2.25. The fourth-order valence-electron chi connectivity index (χ4n) is 1.40. The molecule has 0 bridgehead atoms. The number of hydrazine groups is 1. The van der Waals surface area contributed by atoms with Gasteiger partial charge in [-0.1, -0.05) is 26.0 Å². The quantitative estimate of drug-likeness (QED) is 0.469. The summed E-state index contributed by atoms with van der Waals surface area (Å²) in [6.07, 6.45) is 1.68. The first-order valence-electron chi connectivity index (χ1n) is 5.17. The van der Waals surface area contributed by atoms with Gasteiger partial charge < -0.3 is 15.2 Å². The van der Waals surface area contributed by atoms with Crippen LogP contribution in [0.1, 0.15) is 25.0 Å². The topological polar surface area (TPSA) is 81.6 Å². The highest BCUT2D eigenvalue weighted by Gasteiger charge is 2.12. The molecular weight excluding hydrogens is 227 g/mol. The summed E-state index contributed by atoms with van der Waals surface area (Å²) in [7, 11) is -4.25. The number of hydrogen-bond acceptors (Lipinski definition) is 2. The Morgan fingerprint density at radius 2 is 1.94 bits per heavy atom. The molecule has 0 saturated carbocycles. The van der Waals surface area contributed by atoms with Gasteiger partial charge in [-0.3, -0.25) is 0 Å². The second-order valence-electron chi connectivity index (χ2n) is 3.48. The first kappa shape index (κ1) is 13.2. The first-order chi connectivity index (χ1) is 7.46. The molecule has 0 amide bonds. The standard InChI is InChI=1S/C10H17N2O3P/c1-3-8-5-6-9(4-2)10(7-8)11-12-16(13,14)15/h5-7,11H,3-4H2,1-2H3,(H3,12,13,14,15). The predicted molar refractivity (Wildman–Crippen MR) is 64.0 cm³/mol. The minimum atomic E-state index is -4.25. The molecule has 16 heavy (non-hydrogen) atoms. The van der Waals surface area contributed by atoms with Crippen LogP contribution in [0.3, 0.4) is 0 Å². The van der Waals surface area contributed by atoms with Gasteiger partial charge in [0.15, 0.2) is 0 Å². The van der Waals surface area contributed by atoms with Gasteiger partial charge >= 0.3 is 7.75 Å². The van der Waals surface area contributed by atoms with Gasteiger partial charge in [-0.25, -0.2) is 4.57 Å². The molecule has 0 spiro atoms. The molecular formula is C10H17N2O3P. The van der Waals surface area contributed by atoms with Crippen LogP contribution in [0, 0.1) is 0 Å². The van der Waals surface area contributed by atoms with Crippen molar-refractivity contribution < 1.29 is 14.4 Å². The maximum atomic E-state index is 10.7. The number of aryl methyl sites for hydroxylation is 2. The molecule has 1 rings (SSSR count). The van der Waals surface area contributed by atoms with E-state index in [4.69, 9.17) is 9.79 Å². The molecule has 0 heterocycles. The van der Waals surface area contributed by atoms with Crippen molar-refractivity contribution in [2.75, 3.05) is 5.43 Å². The molecule has 0 unspecified atom stereocenters. The Labute approximate surface area is 95.1 Å². The van der Waals surface area contributed by atoms with E-state index in [0.29, 0.717) is 5.69 Å². The van der Waals surface area contributed by atoms with Gasteiger partial charge in [-0.05, 0) is 30.0 Å². The lowest BCUT2D eigenvalue weighted by Gasteiger charge is -2.14. The Morgan fingerprint density at radius 3 is 2.44 bits per heavy atom. The molecule has 0 radical (unpaired) electrons. The van der Waals surface area contributed by atoms with Crippen molar-refractivity contribution in [1.29, 1.82) is 0 Å². The van der Waals surface area contributed by atoms with E-state index in [9.17, 15) is 4.57 Å². The van der Waals surface area contributed by atoms with Crippen molar-refractivity contribution in [2.45, 2.75) is 26.7 Å². The van der Waals surface area contributed by atoms with Crippen molar-refractivity contribution in [3.63, 3.8) is 0 Å². The van der Waals surface area contributed by atoms with E-state index in [2.05, 4.69) is 5.43 Å². The molecule has 1 aromatic carbocycles. The maximum Gasteiger partial charge on any atom is 0.417 e. The van der Waals surface area contributed by atoms with Gasteiger partial charge in [0.2, 0.25) is 0 Å². The highest BCUT2D eigenvalue weighted by atomic mass is 31.2. The van der Waals surface area contributed by atoms with Crippen LogP contribution in [0.5, 0.6) is 0 Å². The molecule has 0 saturated heterocycles. The Balaban J connectivity index is 2.87. The van der Waals surface area contributed by atoms with E-state index < -0.39 is 7.75 Å². The molecule has 0 aliphatic carbocycles. The first-order valence-corrected chi connectivity index (χ1v) is 6.78. The summed E-state index contributed by atoms with van der Waals surface area (Å²) in [6.45, 7) is 4.02. The second-order valence-corrected chi connectivity index (χ2v) is 4.79. The summed E-state index contributed by atoms with van der Waals surface area (Å²) in [5.41, 5.74) is 5.41. The van der Waals surface area contributed by atoms with Gasteiger partial charge in [0, 0.05) is 0 Å². The fraction of sp³-hybridized carbons (Fsp3) is 0.400. The third-order valence-electron chi connectivity index (χ3n) is 2.30. The van der Waals surface area contributed by atoms with E-state index in [1.54, 1.807) is 0 Å². The van der Waals surface area contributed by atoms with E-state index in [0.717, 1.165) is 24.0 Å². The van der Waals surface area contributed by atoms with Crippen LogP contribution in [0.4, 0.5) is 5.69 Å². The molecule has 5 nitrogen and oxygen atoms in total. The second kappa shape index (κ2) is 5.46. The van der Waals surface area contributed by atoms with Crippen LogP contribution < -0.4 is 10.6 Å². The molecule has 0 fully saturated rings. The summed E-state index contributed by atoms with van der Waals surface area (Å²) < 4.78 is 10.7. The Morgan fingerprint density at radius 1 is 1.25 bits per heavy atom. The van der Waals surface area contributed by atoms with Crippen LogP contribution in [0.15, 0.2) is 18.2 Å². The predicted octanol–water partition coefficient (Wildman–Crippen LogP) is 1.82. The van der Waals surface area contributed by atoms with Gasteiger partial charge in [0.1, 0.15) is 0 Å². The minimum Gasteiger partial charge on any atom is -0.312 e. The number of anilines is 1. The lowest BCUT2D eigenvalue weighted by atomic mass is 10.1. The molecule has 1 aromatic rings. The number of rotatable bonds is 5. The van der Waals surface area contributed by atoms with E-state index >= 15 is 0 Å². The van der Waals surface area contributed by atoms with Crippen molar-refractivity contribution in [2.24, 2.45) is 0 Å². The molecule has 0 aromatic heterocycles. The molecule has 6 heteroatoms. The van der Waals surface area contributed by atoms with Crippen LogP contribution in [0.2, 0.25) is 0 Å².